The first kappa shape index (κ1) is 10.5. The molecule has 0 aromatic carbocycles. The Hall–Kier alpha value is -0.496. The Kier molecular flexibility index (Phi) is 6.10. The molecule has 5 heteroatoms. The quantitative estimate of drug-likeness (QED) is 0.467. The summed E-state index contributed by atoms with van der Waals surface area (Å²) in [5, 5.41) is 7.83. The van der Waals surface area contributed by atoms with Gasteiger partial charge >= 0.3 is 0 Å². The Bertz CT molecular complexity index is 118. The zero-order valence-electron chi connectivity index (χ0n) is 4.03. The Morgan fingerprint density at radius 2 is 2.12 bits per heavy atom. The molecule has 4 N–H and O–H groups in total. The number of nitriles is 1. The van der Waals surface area contributed by atoms with Crippen LogP contribution in [0.15, 0.2) is 0 Å². The Morgan fingerprint density at radius 3 is 2.12 bits per heavy atom. The minimum atomic E-state index is -1.15. The number of hydrogen-bond donors (Lipinski definition) is 2. The fourth-order valence-corrected chi connectivity index (χ4v) is 0.0636. The molecule has 0 aliphatic heterocycles. The first-order valence-corrected chi connectivity index (χ1v) is 1.63. The Morgan fingerprint density at radius 1 is 1.75 bits per heavy atom. The molecule has 0 saturated carbocycles. The third kappa shape index (κ3) is 3.69. The summed E-state index contributed by atoms with van der Waals surface area (Å²) in [5.74, 6) is -0.789. The molecule has 0 fully saturated rings. The van der Waals surface area contributed by atoms with E-state index < -0.39 is 11.9 Å². The summed E-state index contributed by atoms with van der Waals surface area (Å²) >= 11 is 0. The largest absolute Gasteiger partial charge is 0.367 e. The van der Waals surface area contributed by atoms with Crippen molar-refractivity contribution in [1.82, 2.24) is 0 Å². The summed E-state index contributed by atoms with van der Waals surface area (Å²) in [6.45, 7) is 0. The summed E-state index contributed by atoms with van der Waals surface area (Å²) in [5.41, 5.74) is 9.34. The van der Waals surface area contributed by atoms with Gasteiger partial charge in [-0.25, -0.2) is 0 Å². The normalized spacial score (nSPS) is 10.5. The molecule has 0 aliphatic rings. The number of nitrogens with two attached hydrogens (primary N) is 2. The van der Waals surface area contributed by atoms with Crippen molar-refractivity contribution in [3.05, 3.63) is 0 Å². The number of rotatable bonds is 1. The molecule has 0 aromatic heterocycles. The molecule has 0 bridgehead atoms. The van der Waals surface area contributed by atoms with Crippen molar-refractivity contribution in [2.45, 2.75) is 6.04 Å². The number of primary amides is 1. The summed E-state index contributed by atoms with van der Waals surface area (Å²) in [7, 11) is 0. The minimum Gasteiger partial charge on any atom is -0.367 e. The van der Waals surface area contributed by atoms with E-state index in [2.05, 4.69) is 5.73 Å². The van der Waals surface area contributed by atoms with Crippen molar-refractivity contribution >= 4 is 5.91 Å². The van der Waals surface area contributed by atoms with Crippen LogP contribution in [0.5, 0.6) is 0 Å². The maximum Gasteiger partial charge on any atom is 0.249 e. The van der Waals surface area contributed by atoms with Crippen molar-refractivity contribution in [3.8, 4) is 6.07 Å². The van der Waals surface area contributed by atoms with Crippen LogP contribution in [-0.2, 0) is 23.4 Å². The van der Waals surface area contributed by atoms with Gasteiger partial charge in [0.1, 0.15) is 0 Å². The molecule has 43 valence electrons. The average Bonchev–Trinajstić information content (AvgIpc) is 1.65. The summed E-state index contributed by atoms with van der Waals surface area (Å²) in [4.78, 5) is 9.81. The second-order valence-electron chi connectivity index (χ2n) is 1.01. The van der Waals surface area contributed by atoms with E-state index in [-0.39, 0.29) is 18.6 Å². The Labute approximate surface area is 58.7 Å². The van der Waals surface area contributed by atoms with Crippen molar-refractivity contribution in [2.24, 2.45) is 11.5 Å². The molecule has 0 aliphatic carbocycles. The molecule has 0 heterocycles. The molecule has 0 spiro atoms. The smallest absolute Gasteiger partial charge is 0.249 e. The van der Waals surface area contributed by atoms with Gasteiger partial charge in [0.2, 0.25) is 5.91 Å². The fraction of sp³-hybridized carbons (Fsp3) is 0.333. The van der Waals surface area contributed by atoms with Crippen LogP contribution in [0.3, 0.4) is 0 Å². The molecule has 4 nitrogen and oxygen atoms in total. The molecular formula is C3H5N3OV. The van der Waals surface area contributed by atoms with Gasteiger partial charge in [-0.3, -0.25) is 4.79 Å². The van der Waals surface area contributed by atoms with Gasteiger partial charge in [0.25, 0.3) is 0 Å². The van der Waals surface area contributed by atoms with Gasteiger partial charge in [-0.05, 0) is 0 Å². The van der Waals surface area contributed by atoms with Gasteiger partial charge in [0.05, 0.1) is 6.07 Å². The Balaban J connectivity index is 0. The van der Waals surface area contributed by atoms with E-state index in [1.165, 1.54) is 6.07 Å². The van der Waals surface area contributed by atoms with Crippen LogP contribution in [-0.4, -0.2) is 11.9 Å². The summed E-state index contributed by atoms with van der Waals surface area (Å²) < 4.78 is 0. The zero-order valence-corrected chi connectivity index (χ0v) is 5.43. The fourth-order valence-electron chi connectivity index (χ4n) is 0.0636. The minimum absolute atomic E-state index is 0. The number of carbonyl (C=O) groups excluding carboxylic acids is 1. The van der Waals surface area contributed by atoms with Crippen LogP contribution in [0.25, 0.3) is 0 Å². The molecule has 1 amide bonds. The van der Waals surface area contributed by atoms with Crippen molar-refractivity contribution in [3.63, 3.8) is 0 Å². The van der Waals surface area contributed by atoms with Gasteiger partial charge in [-0.1, -0.05) is 0 Å². The maximum atomic E-state index is 9.81. The van der Waals surface area contributed by atoms with E-state index in [1.807, 2.05) is 0 Å². The molecule has 1 atom stereocenters. The third-order valence-electron chi connectivity index (χ3n) is 0.446. The van der Waals surface area contributed by atoms with Crippen LogP contribution >= 0.6 is 0 Å². The van der Waals surface area contributed by atoms with Gasteiger partial charge in [0.15, 0.2) is 6.04 Å². The van der Waals surface area contributed by atoms with E-state index in [4.69, 9.17) is 11.0 Å². The molecule has 1 radical (unpaired) electrons. The van der Waals surface area contributed by atoms with E-state index in [1.54, 1.807) is 0 Å². The van der Waals surface area contributed by atoms with Crippen molar-refractivity contribution in [2.75, 3.05) is 0 Å². The molecular weight excluding hydrogens is 145 g/mol. The first-order chi connectivity index (χ1) is 3.18. The summed E-state index contributed by atoms with van der Waals surface area (Å²) in [6, 6.07) is 0.315. The predicted molar refractivity (Wildman–Crippen MR) is 22.8 cm³/mol. The number of amides is 1. The number of nitrogens with zero attached hydrogens (tertiary/aromatic N) is 1. The predicted octanol–water partition coefficient (Wildman–Crippen LogP) is -1.68. The molecule has 1 unspecified atom stereocenters. The maximum absolute atomic E-state index is 9.81. The topological polar surface area (TPSA) is 92.9 Å². The molecule has 8 heavy (non-hydrogen) atoms. The van der Waals surface area contributed by atoms with E-state index in [0.29, 0.717) is 0 Å². The number of carbonyl (C=O) groups is 1. The SMILES string of the molecule is N#CC(N)C(N)=O.[V]. The van der Waals surface area contributed by atoms with Gasteiger partial charge < -0.3 is 11.5 Å². The summed E-state index contributed by atoms with van der Waals surface area (Å²) in [6.07, 6.45) is 0. The van der Waals surface area contributed by atoms with Crippen molar-refractivity contribution < 1.29 is 23.4 Å². The second kappa shape index (κ2) is 4.66. The van der Waals surface area contributed by atoms with Crippen LogP contribution < -0.4 is 11.5 Å². The van der Waals surface area contributed by atoms with E-state index in [0.717, 1.165) is 0 Å². The van der Waals surface area contributed by atoms with Gasteiger partial charge in [-0.15, -0.1) is 0 Å². The first-order valence-electron chi connectivity index (χ1n) is 1.63. The zero-order chi connectivity index (χ0) is 5.86. The van der Waals surface area contributed by atoms with Crippen LogP contribution in [0.2, 0.25) is 0 Å². The number of hydrogen-bond acceptors (Lipinski definition) is 3. The van der Waals surface area contributed by atoms with Crippen LogP contribution in [0.1, 0.15) is 0 Å². The van der Waals surface area contributed by atoms with E-state index in [9.17, 15) is 4.79 Å². The average molecular weight is 150 g/mol. The van der Waals surface area contributed by atoms with Crippen molar-refractivity contribution in [1.29, 1.82) is 5.26 Å². The molecule has 0 rings (SSSR count). The van der Waals surface area contributed by atoms with Gasteiger partial charge in [-0.2, -0.15) is 5.26 Å². The van der Waals surface area contributed by atoms with Crippen LogP contribution in [0, 0.1) is 11.3 Å². The molecule has 0 aromatic rings. The third-order valence-corrected chi connectivity index (χ3v) is 0.446. The van der Waals surface area contributed by atoms with Crippen LogP contribution in [0.4, 0.5) is 0 Å². The monoisotopic (exact) mass is 150 g/mol. The standard InChI is InChI=1S/C3H5N3O.V/c4-1-2(5)3(6)7;/h2H,5H2,(H2,6,7);. The second-order valence-corrected chi connectivity index (χ2v) is 1.01. The van der Waals surface area contributed by atoms with E-state index >= 15 is 0 Å². The van der Waals surface area contributed by atoms with Gasteiger partial charge in [0, 0.05) is 18.6 Å². The molecule has 0 saturated heterocycles.